The number of nitrogens with one attached hydrogen (secondary N) is 1. The molecule has 2 bridgehead atoms. The van der Waals surface area contributed by atoms with Gasteiger partial charge in [0.05, 0.1) is 16.5 Å². The highest BCUT2D eigenvalue weighted by Crippen LogP contribution is 2.73. The minimum atomic E-state index is -0.779. The van der Waals surface area contributed by atoms with Crippen LogP contribution in [-0.2, 0) is 9.59 Å². The van der Waals surface area contributed by atoms with Crippen molar-refractivity contribution in [2.75, 3.05) is 5.32 Å². The highest BCUT2D eigenvalue weighted by atomic mass is 16.4. The third-order valence-corrected chi connectivity index (χ3v) is 5.64. The molecule has 3 aliphatic carbocycles. The van der Waals surface area contributed by atoms with E-state index in [0.717, 1.165) is 11.3 Å². The average molecular weight is 348 g/mol. The number of hydrogen-bond donors (Lipinski definition) is 2. The fourth-order valence-electron chi connectivity index (χ4n) is 4.21. The number of carbonyl (C=O) groups excluding carboxylic acids is 1. The first-order valence-corrected chi connectivity index (χ1v) is 8.45. The van der Waals surface area contributed by atoms with Crippen molar-refractivity contribution < 1.29 is 14.7 Å². The SMILES string of the molecule is O=C(O)C12CC(C(=O)Nc3ccc(-c4cn5cccnc5n4)cc3)(C1)C2. The van der Waals surface area contributed by atoms with E-state index in [1.54, 1.807) is 6.20 Å². The Bertz CT molecular complexity index is 1000. The predicted molar refractivity (Wildman–Crippen MR) is 93.4 cm³/mol. The number of carbonyl (C=O) groups is 2. The lowest BCUT2D eigenvalue weighted by Gasteiger charge is -2.66. The Morgan fingerprint density at radius 1 is 1.12 bits per heavy atom. The molecule has 0 spiro atoms. The Kier molecular flexibility index (Phi) is 2.84. The number of carboxylic acid groups (broad SMARTS) is 1. The third kappa shape index (κ3) is 2.00. The van der Waals surface area contributed by atoms with Gasteiger partial charge >= 0.3 is 5.97 Å². The standard InChI is InChI=1S/C19H16N4O3/c24-15(18-9-19(10-18,11-18)16(25)26)21-13-4-2-12(3-5-13)14-8-23-7-1-6-20-17(23)22-14/h1-8H,9-11H2,(H,21,24)(H,25,26). The Morgan fingerprint density at radius 2 is 1.85 bits per heavy atom. The molecule has 3 aromatic rings. The molecular weight excluding hydrogens is 332 g/mol. The lowest BCUT2D eigenvalue weighted by molar-refractivity contribution is -0.217. The number of aromatic nitrogens is 3. The molecule has 2 N–H and O–H groups in total. The molecule has 0 saturated heterocycles. The number of anilines is 1. The number of benzene rings is 1. The molecule has 3 fully saturated rings. The van der Waals surface area contributed by atoms with Crippen molar-refractivity contribution in [2.24, 2.45) is 10.8 Å². The largest absolute Gasteiger partial charge is 0.481 e. The molecule has 3 aliphatic rings. The van der Waals surface area contributed by atoms with Crippen LogP contribution in [-0.4, -0.2) is 31.4 Å². The summed E-state index contributed by atoms with van der Waals surface area (Å²) in [4.78, 5) is 32.3. The van der Waals surface area contributed by atoms with Gasteiger partial charge in [0.25, 0.3) is 0 Å². The van der Waals surface area contributed by atoms with Gasteiger partial charge in [-0.15, -0.1) is 0 Å². The first-order valence-electron chi connectivity index (χ1n) is 8.45. The average Bonchev–Trinajstić information content (AvgIpc) is 2.96. The summed E-state index contributed by atoms with van der Waals surface area (Å²) >= 11 is 0. The topological polar surface area (TPSA) is 96.6 Å². The van der Waals surface area contributed by atoms with Crippen LogP contribution in [0.25, 0.3) is 17.0 Å². The van der Waals surface area contributed by atoms with Crippen molar-refractivity contribution in [3.8, 4) is 11.3 Å². The van der Waals surface area contributed by atoms with E-state index in [9.17, 15) is 9.59 Å². The fourth-order valence-corrected chi connectivity index (χ4v) is 4.21. The molecule has 1 aromatic carbocycles. The van der Waals surface area contributed by atoms with Gasteiger partial charge in [0.1, 0.15) is 0 Å². The lowest BCUT2D eigenvalue weighted by atomic mass is 9.35. The summed E-state index contributed by atoms with van der Waals surface area (Å²) in [7, 11) is 0. The summed E-state index contributed by atoms with van der Waals surface area (Å²) < 4.78 is 1.85. The Morgan fingerprint density at radius 3 is 2.50 bits per heavy atom. The first kappa shape index (κ1) is 15.1. The Hall–Kier alpha value is -3.22. The van der Waals surface area contributed by atoms with Crippen molar-refractivity contribution in [3.63, 3.8) is 0 Å². The number of hydrogen-bond acceptors (Lipinski definition) is 4. The third-order valence-electron chi connectivity index (χ3n) is 5.64. The van der Waals surface area contributed by atoms with Gasteiger partial charge in [-0.1, -0.05) is 12.1 Å². The molecule has 0 unspecified atom stereocenters. The van der Waals surface area contributed by atoms with Crippen molar-refractivity contribution in [1.29, 1.82) is 0 Å². The molecule has 130 valence electrons. The molecular formula is C19H16N4O3. The second-order valence-electron chi connectivity index (χ2n) is 7.38. The minimum Gasteiger partial charge on any atom is -0.481 e. The highest BCUT2D eigenvalue weighted by molar-refractivity contribution is 6.01. The summed E-state index contributed by atoms with van der Waals surface area (Å²) in [5.41, 5.74) is 1.32. The summed E-state index contributed by atoms with van der Waals surface area (Å²) in [5, 5.41) is 12.1. The molecule has 6 rings (SSSR count). The number of amides is 1. The van der Waals surface area contributed by atoms with Gasteiger partial charge in [-0.2, -0.15) is 0 Å². The molecule has 0 aliphatic heterocycles. The van der Waals surface area contributed by atoms with Gasteiger partial charge in [-0.25, -0.2) is 9.97 Å². The van der Waals surface area contributed by atoms with Crippen LogP contribution in [0, 0.1) is 10.8 Å². The number of carboxylic acids is 1. The van der Waals surface area contributed by atoms with Gasteiger partial charge in [-0.05, 0) is 37.5 Å². The second kappa shape index (κ2) is 4.91. The molecule has 2 heterocycles. The van der Waals surface area contributed by atoms with Crippen LogP contribution in [0.4, 0.5) is 5.69 Å². The van der Waals surface area contributed by atoms with Crippen molar-refractivity contribution in [3.05, 3.63) is 48.9 Å². The summed E-state index contributed by atoms with van der Waals surface area (Å²) in [6.45, 7) is 0. The molecule has 0 radical (unpaired) electrons. The zero-order valence-electron chi connectivity index (χ0n) is 13.8. The molecule has 2 aromatic heterocycles. The molecule has 7 heteroatoms. The monoisotopic (exact) mass is 348 g/mol. The molecule has 26 heavy (non-hydrogen) atoms. The number of imidazole rings is 1. The van der Waals surface area contributed by atoms with Crippen LogP contribution in [0.2, 0.25) is 0 Å². The maximum Gasteiger partial charge on any atom is 0.309 e. The number of rotatable bonds is 4. The fraction of sp³-hybridized carbons (Fsp3) is 0.263. The van der Waals surface area contributed by atoms with E-state index in [-0.39, 0.29) is 5.91 Å². The van der Waals surface area contributed by atoms with Crippen molar-refractivity contribution >= 4 is 23.3 Å². The van der Waals surface area contributed by atoms with Crippen LogP contribution in [0.3, 0.4) is 0 Å². The van der Waals surface area contributed by atoms with E-state index in [4.69, 9.17) is 5.11 Å². The second-order valence-corrected chi connectivity index (χ2v) is 7.38. The molecule has 0 atom stereocenters. The van der Waals surface area contributed by atoms with Crippen LogP contribution in [0.1, 0.15) is 19.3 Å². The number of fused-ring (bicyclic) bond motifs is 1. The first-order chi connectivity index (χ1) is 12.5. The van der Waals surface area contributed by atoms with Gasteiger partial charge in [0, 0.05) is 29.8 Å². The predicted octanol–water partition coefficient (Wildman–Crippen LogP) is 2.59. The summed E-state index contributed by atoms with van der Waals surface area (Å²) in [6.07, 6.45) is 6.85. The van der Waals surface area contributed by atoms with Gasteiger partial charge < -0.3 is 10.4 Å². The smallest absolute Gasteiger partial charge is 0.309 e. The van der Waals surface area contributed by atoms with Gasteiger partial charge in [0.15, 0.2) is 0 Å². The van der Waals surface area contributed by atoms with E-state index in [2.05, 4.69) is 15.3 Å². The molecule has 3 saturated carbocycles. The van der Waals surface area contributed by atoms with E-state index >= 15 is 0 Å². The number of nitrogens with zero attached hydrogens (tertiary/aromatic N) is 3. The van der Waals surface area contributed by atoms with Crippen LogP contribution in [0.5, 0.6) is 0 Å². The molecule has 7 nitrogen and oxygen atoms in total. The lowest BCUT2D eigenvalue weighted by Crippen LogP contribution is -2.69. The minimum absolute atomic E-state index is 0.0784. The Labute approximate surface area is 148 Å². The Balaban J connectivity index is 1.30. The van der Waals surface area contributed by atoms with Crippen molar-refractivity contribution in [2.45, 2.75) is 19.3 Å². The van der Waals surface area contributed by atoms with E-state index in [1.165, 1.54) is 0 Å². The maximum atomic E-state index is 12.5. The van der Waals surface area contributed by atoms with Crippen molar-refractivity contribution in [1.82, 2.24) is 14.4 Å². The number of aliphatic carboxylic acids is 1. The normalized spacial score (nSPS) is 26.0. The quantitative estimate of drug-likeness (QED) is 0.755. The van der Waals surface area contributed by atoms with Crippen LogP contribution < -0.4 is 5.32 Å². The van der Waals surface area contributed by atoms with E-state index in [0.29, 0.717) is 30.7 Å². The zero-order valence-corrected chi connectivity index (χ0v) is 13.8. The van der Waals surface area contributed by atoms with E-state index in [1.807, 2.05) is 47.1 Å². The van der Waals surface area contributed by atoms with Crippen LogP contribution >= 0.6 is 0 Å². The zero-order chi connectivity index (χ0) is 17.9. The summed E-state index contributed by atoms with van der Waals surface area (Å²) in [5.74, 6) is -0.223. The van der Waals surface area contributed by atoms with Gasteiger partial charge in [0.2, 0.25) is 11.7 Å². The molecule has 1 amide bonds. The highest BCUT2D eigenvalue weighted by Gasteiger charge is 2.75. The van der Waals surface area contributed by atoms with E-state index < -0.39 is 16.8 Å². The summed E-state index contributed by atoms with van der Waals surface area (Å²) in [6, 6.07) is 9.32. The van der Waals surface area contributed by atoms with Crippen LogP contribution in [0.15, 0.2) is 48.9 Å². The van der Waals surface area contributed by atoms with Gasteiger partial charge in [-0.3, -0.25) is 14.0 Å². The maximum absolute atomic E-state index is 12.5.